The summed E-state index contributed by atoms with van der Waals surface area (Å²) in [6.07, 6.45) is 0. The number of sulfonamides is 1. The molecule has 12 nitrogen and oxygen atoms in total. The third kappa shape index (κ3) is 6.20. The van der Waals surface area contributed by atoms with Crippen molar-refractivity contribution in [2.45, 2.75) is 4.90 Å². The lowest BCUT2D eigenvalue weighted by Gasteiger charge is -2.14. The zero-order valence-corrected chi connectivity index (χ0v) is 22.3. The molecule has 0 saturated heterocycles. The van der Waals surface area contributed by atoms with Gasteiger partial charge in [-0.05, 0) is 66.7 Å². The van der Waals surface area contributed by atoms with E-state index in [0.29, 0.717) is 33.7 Å². The Morgan fingerprint density at radius 2 is 1.46 bits per heavy atom. The molecule has 4 aromatic carbocycles. The molecule has 3 N–H and O–H groups in total. The summed E-state index contributed by atoms with van der Waals surface area (Å²) in [6.45, 7) is 0. The van der Waals surface area contributed by atoms with Gasteiger partial charge >= 0.3 is 0 Å². The number of rotatable bonds is 9. The molecule has 0 bridgehead atoms. The van der Waals surface area contributed by atoms with E-state index < -0.39 is 14.9 Å². The number of nitrogens with one attached hydrogen (secondary N) is 3. The second-order valence-corrected chi connectivity index (χ2v) is 10.3. The molecule has 0 atom stereocenters. The number of para-hydroxylation sites is 2. The van der Waals surface area contributed by atoms with E-state index in [1.54, 1.807) is 79.9 Å². The number of hydrogen-bond donors (Lipinski definition) is 3. The van der Waals surface area contributed by atoms with Gasteiger partial charge in [0, 0.05) is 29.1 Å². The van der Waals surface area contributed by atoms with Gasteiger partial charge in [-0.1, -0.05) is 18.2 Å². The first-order valence-corrected chi connectivity index (χ1v) is 13.6. The third-order valence-electron chi connectivity index (χ3n) is 5.90. The second kappa shape index (κ2) is 11.3. The van der Waals surface area contributed by atoms with Crippen LogP contribution < -0.4 is 20.1 Å². The van der Waals surface area contributed by atoms with Gasteiger partial charge in [0.25, 0.3) is 21.6 Å². The van der Waals surface area contributed by atoms with Crippen LogP contribution in [0.5, 0.6) is 5.75 Å². The summed E-state index contributed by atoms with van der Waals surface area (Å²) in [6, 6.07) is 25.0. The predicted octanol–water partition coefficient (Wildman–Crippen LogP) is 5.34. The highest BCUT2D eigenvalue weighted by atomic mass is 32.2. The number of aromatic nitrogens is 2. The van der Waals surface area contributed by atoms with Crippen LogP contribution in [0, 0.1) is 10.1 Å². The number of amides is 1. The SMILES string of the molecule is COc1ccc(NC(=O)c2ccc(Nc3nc4ccccc4nc3NS(=O)(=O)c3cccc([N+](=O)[O-])c3)cc2)cc1. The Bertz CT molecular complexity index is 1860. The predicted molar refractivity (Wildman–Crippen MR) is 154 cm³/mol. The van der Waals surface area contributed by atoms with Gasteiger partial charge in [0.1, 0.15) is 5.75 Å². The van der Waals surface area contributed by atoms with Crippen molar-refractivity contribution >= 4 is 55.7 Å². The molecule has 0 fully saturated rings. The van der Waals surface area contributed by atoms with Crippen LogP contribution in [-0.4, -0.2) is 36.3 Å². The number of non-ortho nitro benzene ring substituents is 1. The minimum Gasteiger partial charge on any atom is -0.497 e. The summed E-state index contributed by atoms with van der Waals surface area (Å²) in [4.78, 5) is 31.8. The normalized spacial score (nSPS) is 11.0. The highest BCUT2D eigenvalue weighted by molar-refractivity contribution is 7.92. The van der Waals surface area contributed by atoms with E-state index in [9.17, 15) is 23.3 Å². The maximum Gasteiger partial charge on any atom is 0.270 e. The van der Waals surface area contributed by atoms with Crippen LogP contribution in [0.4, 0.5) is 28.7 Å². The average Bonchev–Trinajstić information content (AvgIpc) is 2.98. The molecule has 206 valence electrons. The van der Waals surface area contributed by atoms with Gasteiger partial charge in [0.15, 0.2) is 11.6 Å². The van der Waals surface area contributed by atoms with E-state index in [0.717, 1.165) is 6.07 Å². The van der Waals surface area contributed by atoms with Crippen molar-refractivity contribution in [2.24, 2.45) is 0 Å². The largest absolute Gasteiger partial charge is 0.497 e. The molecule has 41 heavy (non-hydrogen) atoms. The third-order valence-corrected chi connectivity index (χ3v) is 7.23. The molecule has 1 amide bonds. The second-order valence-electron chi connectivity index (χ2n) is 8.65. The molecule has 0 aliphatic heterocycles. The molecule has 1 aromatic heterocycles. The Hall–Kier alpha value is -5.56. The lowest BCUT2D eigenvalue weighted by atomic mass is 10.2. The van der Waals surface area contributed by atoms with E-state index in [1.165, 1.54) is 18.2 Å². The fourth-order valence-corrected chi connectivity index (χ4v) is 4.88. The molecule has 0 spiro atoms. The number of anilines is 4. The van der Waals surface area contributed by atoms with E-state index in [1.807, 2.05) is 0 Å². The molecule has 0 radical (unpaired) electrons. The highest BCUT2D eigenvalue weighted by Gasteiger charge is 2.21. The van der Waals surface area contributed by atoms with Crippen LogP contribution in [0.25, 0.3) is 11.0 Å². The Balaban J connectivity index is 1.40. The number of nitro groups is 1. The Morgan fingerprint density at radius 1 is 0.829 bits per heavy atom. The topological polar surface area (TPSA) is 165 Å². The molecule has 0 aliphatic rings. The lowest BCUT2D eigenvalue weighted by Crippen LogP contribution is -2.16. The molecule has 0 saturated carbocycles. The summed E-state index contributed by atoms with van der Waals surface area (Å²) in [5, 5.41) is 17.0. The Labute approximate surface area is 234 Å². The van der Waals surface area contributed by atoms with E-state index in [-0.39, 0.29) is 28.1 Å². The first kappa shape index (κ1) is 27.0. The smallest absolute Gasteiger partial charge is 0.270 e. The van der Waals surface area contributed by atoms with Crippen molar-refractivity contribution in [1.29, 1.82) is 0 Å². The number of hydrogen-bond acceptors (Lipinski definition) is 9. The van der Waals surface area contributed by atoms with Gasteiger partial charge < -0.3 is 15.4 Å². The molecular formula is C28H22N6O6S. The average molecular weight is 571 g/mol. The number of nitro benzene ring substituents is 1. The molecule has 5 aromatic rings. The van der Waals surface area contributed by atoms with Crippen molar-refractivity contribution < 1.29 is 22.9 Å². The molecule has 0 unspecified atom stereocenters. The molecule has 13 heteroatoms. The molecule has 1 heterocycles. The minimum atomic E-state index is -4.26. The minimum absolute atomic E-state index is 0.0909. The van der Waals surface area contributed by atoms with Gasteiger partial charge in [-0.3, -0.25) is 19.6 Å². The Kier molecular flexibility index (Phi) is 7.43. The number of carbonyl (C=O) groups excluding carboxylic acids is 1. The number of carbonyl (C=O) groups is 1. The zero-order chi connectivity index (χ0) is 29.0. The number of benzene rings is 4. The summed E-state index contributed by atoms with van der Waals surface area (Å²) in [5.41, 5.74) is 2.06. The van der Waals surface area contributed by atoms with Gasteiger partial charge in [-0.2, -0.15) is 0 Å². The fraction of sp³-hybridized carbons (Fsp3) is 0.0357. The van der Waals surface area contributed by atoms with Gasteiger partial charge in [0.05, 0.1) is 28.0 Å². The number of fused-ring (bicyclic) bond motifs is 1. The maximum absolute atomic E-state index is 13.1. The number of methoxy groups -OCH3 is 1. The quantitative estimate of drug-likeness (QED) is 0.157. The summed E-state index contributed by atoms with van der Waals surface area (Å²) in [5.74, 6) is 0.323. The Morgan fingerprint density at radius 3 is 2.10 bits per heavy atom. The lowest BCUT2D eigenvalue weighted by molar-refractivity contribution is -0.385. The monoisotopic (exact) mass is 570 g/mol. The maximum atomic E-state index is 13.1. The van der Waals surface area contributed by atoms with Gasteiger partial charge in [0.2, 0.25) is 0 Å². The highest BCUT2D eigenvalue weighted by Crippen LogP contribution is 2.28. The van der Waals surface area contributed by atoms with E-state index in [4.69, 9.17) is 4.74 Å². The van der Waals surface area contributed by atoms with Crippen molar-refractivity contribution in [3.05, 3.63) is 113 Å². The summed E-state index contributed by atoms with van der Waals surface area (Å²) >= 11 is 0. The first-order valence-electron chi connectivity index (χ1n) is 12.1. The number of ether oxygens (including phenoxy) is 1. The molecule has 5 rings (SSSR count). The van der Waals surface area contributed by atoms with E-state index >= 15 is 0 Å². The van der Waals surface area contributed by atoms with Gasteiger partial charge in [-0.25, -0.2) is 18.4 Å². The first-order chi connectivity index (χ1) is 19.7. The molecule has 0 aliphatic carbocycles. The van der Waals surface area contributed by atoms with Gasteiger partial charge in [-0.15, -0.1) is 0 Å². The number of nitrogens with zero attached hydrogens (tertiary/aromatic N) is 3. The van der Waals surface area contributed by atoms with Crippen molar-refractivity contribution in [3.8, 4) is 5.75 Å². The van der Waals surface area contributed by atoms with Crippen LogP contribution >= 0.6 is 0 Å². The van der Waals surface area contributed by atoms with Crippen LogP contribution in [0.3, 0.4) is 0 Å². The van der Waals surface area contributed by atoms with Crippen molar-refractivity contribution in [2.75, 3.05) is 22.5 Å². The van der Waals surface area contributed by atoms with Crippen LogP contribution in [-0.2, 0) is 10.0 Å². The zero-order valence-electron chi connectivity index (χ0n) is 21.4. The fourth-order valence-electron chi connectivity index (χ4n) is 3.83. The standard InChI is InChI=1S/C28H22N6O6S/c1-40-22-15-13-20(14-16-22)30-28(35)18-9-11-19(12-10-18)29-26-27(32-25-8-3-2-7-24(25)31-26)33-41(38,39)23-6-4-5-21(17-23)34(36)37/h2-17H,1H3,(H,29,31)(H,30,35)(H,32,33). The van der Waals surface area contributed by atoms with Crippen molar-refractivity contribution in [1.82, 2.24) is 9.97 Å². The van der Waals surface area contributed by atoms with E-state index in [2.05, 4.69) is 25.3 Å². The van der Waals surface area contributed by atoms with Crippen LogP contribution in [0.15, 0.2) is 102 Å². The van der Waals surface area contributed by atoms with Crippen LogP contribution in [0.2, 0.25) is 0 Å². The summed E-state index contributed by atoms with van der Waals surface area (Å²) < 4.78 is 33.8. The van der Waals surface area contributed by atoms with Crippen molar-refractivity contribution in [3.63, 3.8) is 0 Å². The molecular weight excluding hydrogens is 548 g/mol. The van der Waals surface area contributed by atoms with Crippen LogP contribution in [0.1, 0.15) is 10.4 Å². The summed E-state index contributed by atoms with van der Waals surface area (Å²) in [7, 11) is -2.71.